The van der Waals surface area contributed by atoms with Crippen LogP contribution in [0.2, 0.25) is 0 Å². The van der Waals surface area contributed by atoms with Gasteiger partial charge in [0.2, 0.25) is 0 Å². The van der Waals surface area contributed by atoms with E-state index in [1.54, 1.807) is 0 Å². The van der Waals surface area contributed by atoms with E-state index < -0.39 is 0 Å². The lowest BCUT2D eigenvalue weighted by molar-refractivity contribution is 0.392. The Balaban J connectivity index is 0.00000222. The van der Waals surface area contributed by atoms with E-state index in [0.717, 1.165) is 25.1 Å². The molecule has 0 spiro atoms. The lowest BCUT2D eigenvalue weighted by Gasteiger charge is -2.30. The minimum Gasteiger partial charge on any atom is -0.373 e. The van der Waals surface area contributed by atoms with Crippen molar-refractivity contribution in [1.82, 2.24) is 4.90 Å². The molecule has 0 saturated carbocycles. The maximum absolute atomic E-state index is 8.00. The summed E-state index contributed by atoms with van der Waals surface area (Å²) in [5.41, 5.74) is 10.6. The van der Waals surface area contributed by atoms with E-state index in [4.69, 9.17) is 5.41 Å². The van der Waals surface area contributed by atoms with Gasteiger partial charge in [0.1, 0.15) is 0 Å². The van der Waals surface area contributed by atoms with Crippen LogP contribution < -0.4 is 0 Å². The van der Waals surface area contributed by atoms with Crippen molar-refractivity contribution in [3.63, 3.8) is 0 Å². The third-order valence-electron chi connectivity index (χ3n) is 6.62. The average Bonchev–Trinajstić information content (AvgIpc) is 2.88. The second-order valence-corrected chi connectivity index (χ2v) is 9.47. The highest BCUT2D eigenvalue weighted by Crippen LogP contribution is 2.34. The third kappa shape index (κ3) is 7.81. The number of aryl methyl sites for hydroxylation is 2. The molecule has 36 heavy (non-hydrogen) atoms. The van der Waals surface area contributed by atoms with Gasteiger partial charge in [-0.15, -0.1) is 0 Å². The van der Waals surface area contributed by atoms with Gasteiger partial charge in [-0.1, -0.05) is 105 Å². The molecule has 1 unspecified atom stereocenters. The number of rotatable bonds is 10. The predicted octanol–water partition coefficient (Wildman–Crippen LogP) is 9.11. The summed E-state index contributed by atoms with van der Waals surface area (Å²) in [6, 6.07) is 28.2. The quantitative estimate of drug-likeness (QED) is 0.288. The standard InChI is InChI=1S/C32H38N2.C2H6/c1-23(2)30(25(4)33)21-20-27-16-18-28(19-17-27)22-34(6)26(5)32(29-13-8-7-9-14-29)31-15-11-10-12-24(31)3;1-2/h7-19,32-33H,5,20-22H2,1-4,6H3;1-2H3. The zero-order valence-corrected chi connectivity index (χ0v) is 23.4. The number of benzene rings is 3. The number of nitrogens with zero attached hydrogens (tertiary/aromatic N) is 1. The van der Waals surface area contributed by atoms with Crippen molar-refractivity contribution < 1.29 is 0 Å². The molecular weight excluding hydrogens is 436 g/mol. The fourth-order valence-electron chi connectivity index (χ4n) is 4.60. The van der Waals surface area contributed by atoms with Crippen molar-refractivity contribution in [2.75, 3.05) is 7.05 Å². The Hall–Kier alpha value is -3.39. The van der Waals surface area contributed by atoms with E-state index in [-0.39, 0.29) is 5.92 Å². The lowest BCUT2D eigenvalue weighted by Crippen LogP contribution is -2.22. The second kappa shape index (κ2) is 14.2. The normalized spacial score (nSPS) is 11.1. The van der Waals surface area contributed by atoms with Gasteiger partial charge in [-0.25, -0.2) is 0 Å². The van der Waals surface area contributed by atoms with E-state index in [9.17, 15) is 0 Å². The lowest BCUT2D eigenvalue weighted by atomic mass is 9.86. The largest absolute Gasteiger partial charge is 0.373 e. The molecule has 0 aromatic heterocycles. The zero-order valence-electron chi connectivity index (χ0n) is 23.4. The average molecular weight is 481 g/mol. The van der Waals surface area contributed by atoms with Crippen LogP contribution in [0.25, 0.3) is 0 Å². The molecular formula is C34H44N2. The van der Waals surface area contributed by atoms with E-state index >= 15 is 0 Å². The molecule has 190 valence electrons. The molecule has 0 fully saturated rings. The van der Waals surface area contributed by atoms with Crippen molar-refractivity contribution in [3.05, 3.63) is 130 Å². The fourth-order valence-corrected chi connectivity index (χ4v) is 4.60. The Morgan fingerprint density at radius 3 is 1.94 bits per heavy atom. The van der Waals surface area contributed by atoms with Gasteiger partial charge in [0, 0.05) is 30.9 Å². The highest BCUT2D eigenvalue weighted by molar-refractivity contribution is 5.96. The highest BCUT2D eigenvalue weighted by atomic mass is 15.1. The molecule has 0 heterocycles. The Morgan fingerprint density at radius 1 is 0.833 bits per heavy atom. The van der Waals surface area contributed by atoms with Crippen LogP contribution in [0.15, 0.2) is 102 Å². The molecule has 3 aromatic rings. The number of hydrogen-bond donors (Lipinski definition) is 1. The summed E-state index contributed by atoms with van der Waals surface area (Å²) >= 11 is 0. The molecule has 2 heteroatoms. The van der Waals surface area contributed by atoms with Gasteiger partial charge in [-0.2, -0.15) is 0 Å². The summed E-state index contributed by atoms with van der Waals surface area (Å²) in [6.45, 7) is 17.6. The van der Waals surface area contributed by atoms with Crippen LogP contribution in [-0.4, -0.2) is 17.7 Å². The summed E-state index contributed by atoms with van der Waals surface area (Å²) in [5.74, 6) is 0.124. The molecule has 0 aliphatic heterocycles. The first-order valence-electron chi connectivity index (χ1n) is 13.1. The molecule has 1 N–H and O–H groups in total. The SMILES string of the molecule is C=C(C(c1ccccc1)c1ccccc1C)N(C)Cc1ccc(CCC(C(C)=N)=C(C)C)cc1.CC. The fraction of sp³-hybridized carbons (Fsp3) is 0.324. The Bertz CT molecular complexity index is 1150. The Morgan fingerprint density at radius 2 is 1.39 bits per heavy atom. The predicted molar refractivity (Wildman–Crippen MR) is 158 cm³/mol. The van der Waals surface area contributed by atoms with Crippen LogP contribution in [0.1, 0.15) is 74.8 Å². The van der Waals surface area contributed by atoms with Crippen molar-refractivity contribution in [2.24, 2.45) is 0 Å². The van der Waals surface area contributed by atoms with E-state index in [0.29, 0.717) is 5.71 Å². The number of nitrogens with one attached hydrogen (secondary N) is 1. The van der Waals surface area contributed by atoms with Crippen molar-refractivity contribution in [2.45, 2.75) is 66.8 Å². The van der Waals surface area contributed by atoms with E-state index in [1.807, 2.05) is 20.8 Å². The minimum absolute atomic E-state index is 0.124. The Kier molecular flexibility index (Phi) is 11.4. The van der Waals surface area contributed by atoms with Crippen molar-refractivity contribution in [3.8, 4) is 0 Å². The maximum atomic E-state index is 8.00. The molecule has 3 rings (SSSR count). The van der Waals surface area contributed by atoms with Gasteiger partial charge in [0.15, 0.2) is 0 Å². The maximum Gasteiger partial charge on any atom is 0.0486 e. The summed E-state index contributed by atoms with van der Waals surface area (Å²) in [6.07, 6.45) is 1.88. The van der Waals surface area contributed by atoms with Crippen LogP contribution in [0.4, 0.5) is 0 Å². The molecule has 1 atom stereocenters. The smallest absolute Gasteiger partial charge is 0.0486 e. The molecule has 2 nitrogen and oxygen atoms in total. The first-order valence-corrected chi connectivity index (χ1v) is 13.1. The summed E-state index contributed by atoms with van der Waals surface area (Å²) in [5, 5.41) is 8.00. The van der Waals surface area contributed by atoms with Gasteiger partial charge in [0.05, 0.1) is 0 Å². The van der Waals surface area contributed by atoms with Crippen LogP contribution in [0.5, 0.6) is 0 Å². The molecule has 3 aromatic carbocycles. The van der Waals surface area contributed by atoms with E-state index in [2.05, 4.69) is 118 Å². The van der Waals surface area contributed by atoms with Crippen molar-refractivity contribution >= 4 is 5.71 Å². The molecule has 0 bridgehead atoms. The molecule has 0 amide bonds. The second-order valence-electron chi connectivity index (χ2n) is 9.47. The first-order chi connectivity index (χ1) is 17.3. The van der Waals surface area contributed by atoms with Gasteiger partial charge in [-0.3, -0.25) is 0 Å². The van der Waals surface area contributed by atoms with Gasteiger partial charge in [-0.05, 0) is 73.9 Å². The topological polar surface area (TPSA) is 27.1 Å². The first kappa shape index (κ1) is 28.8. The van der Waals surface area contributed by atoms with Crippen molar-refractivity contribution in [1.29, 1.82) is 5.41 Å². The van der Waals surface area contributed by atoms with Crippen LogP contribution in [-0.2, 0) is 13.0 Å². The van der Waals surface area contributed by atoms with Crippen LogP contribution in [0.3, 0.4) is 0 Å². The van der Waals surface area contributed by atoms with Crippen LogP contribution >= 0.6 is 0 Å². The summed E-state index contributed by atoms with van der Waals surface area (Å²) in [7, 11) is 2.14. The molecule has 0 aliphatic rings. The monoisotopic (exact) mass is 480 g/mol. The molecule has 0 saturated heterocycles. The Labute approximate surface area is 219 Å². The van der Waals surface area contributed by atoms with Gasteiger partial charge < -0.3 is 10.3 Å². The number of allylic oxidation sites excluding steroid dienone is 3. The van der Waals surface area contributed by atoms with E-state index in [1.165, 1.54) is 39.0 Å². The summed E-state index contributed by atoms with van der Waals surface area (Å²) < 4.78 is 0. The number of hydrogen-bond acceptors (Lipinski definition) is 2. The highest BCUT2D eigenvalue weighted by Gasteiger charge is 2.22. The molecule has 0 radical (unpaired) electrons. The zero-order chi connectivity index (χ0) is 26.7. The van der Waals surface area contributed by atoms with Gasteiger partial charge in [0.25, 0.3) is 0 Å². The minimum atomic E-state index is 0.124. The molecule has 0 aliphatic carbocycles. The van der Waals surface area contributed by atoms with Gasteiger partial charge >= 0.3 is 0 Å². The summed E-state index contributed by atoms with van der Waals surface area (Å²) in [4.78, 5) is 2.28. The number of likely N-dealkylation sites (N-methyl/N-ethyl adjacent to an activating group) is 1. The van der Waals surface area contributed by atoms with Crippen LogP contribution in [0, 0.1) is 12.3 Å². The third-order valence-corrected chi connectivity index (χ3v) is 6.62.